The minimum Gasteiger partial charge on any atom is -0.341 e. The highest BCUT2D eigenvalue weighted by Gasteiger charge is 2.48. The molecule has 156 valence electrons. The maximum atomic E-state index is 13.3. The minimum atomic E-state index is -4.55. The van der Waals surface area contributed by atoms with E-state index >= 15 is 0 Å². The van der Waals surface area contributed by atoms with Crippen molar-refractivity contribution in [1.82, 2.24) is 10.2 Å². The molecule has 1 saturated heterocycles. The number of nitrogens with zero attached hydrogens (tertiary/aromatic N) is 1. The second-order valence-electron chi connectivity index (χ2n) is 7.37. The van der Waals surface area contributed by atoms with Crippen LogP contribution in [0.15, 0.2) is 18.2 Å². The van der Waals surface area contributed by atoms with Crippen molar-refractivity contribution in [1.29, 1.82) is 0 Å². The standard InChI is InChI=1S/C18H22ClF4N3O2/c1-17(2,18(21,22)23)25-15(27)10-26-5-3-11(4-6-26)16(28)24-14-8-12(19)7-13(20)9-14/h7-9,11H,3-6,10H2,1-2H3,(H,24,28)(H,25,27). The lowest BCUT2D eigenvalue weighted by Crippen LogP contribution is -2.56. The van der Waals surface area contributed by atoms with Crippen LogP contribution < -0.4 is 10.6 Å². The Morgan fingerprint density at radius 3 is 2.32 bits per heavy atom. The highest BCUT2D eigenvalue weighted by atomic mass is 35.5. The van der Waals surface area contributed by atoms with Crippen molar-refractivity contribution in [2.45, 2.75) is 38.4 Å². The number of rotatable bonds is 5. The van der Waals surface area contributed by atoms with E-state index in [4.69, 9.17) is 11.6 Å². The van der Waals surface area contributed by atoms with Gasteiger partial charge in [-0.1, -0.05) is 11.6 Å². The molecule has 0 aromatic heterocycles. The van der Waals surface area contributed by atoms with Gasteiger partial charge < -0.3 is 10.6 Å². The largest absolute Gasteiger partial charge is 0.410 e. The fraction of sp³-hybridized carbons (Fsp3) is 0.556. The lowest BCUT2D eigenvalue weighted by Gasteiger charge is -2.33. The molecule has 0 atom stereocenters. The number of hydrogen-bond donors (Lipinski definition) is 2. The van der Waals surface area contributed by atoms with Gasteiger partial charge in [0, 0.05) is 16.6 Å². The third-order valence-corrected chi connectivity index (χ3v) is 4.83. The van der Waals surface area contributed by atoms with E-state index in [-0.39, 0.29) is 29.1 Å². The summed E-state index contributed by atoms with van der Waals surface area (Å²) in [7, 11) is 0. The topological polar surface area (TPSA) is 61.4 Å². The molecule has 2 N–H and O–H groups in total. The van der Waals surface area contributed by atoms with Crippen LogP contribution in [-0.4, -0.2) is 48.1 Å². The van der Waals surface area contributed by atoms with E-state index in [1.807, 2.05) is 5.32 Å². The van der Waals surface area contributed by atoms with E-state index < -0.39 is 23.4 Å². The van der Waals surface area contributed by atoms with Gasteiger partial charge in [0.1, 0.15) is 11.4 Å². The van der Waals surface area contributed by atoms with E-state index in [1.54, 1.807) is 4.90 Å². The van der Waals surface area contributed by atoms with Gasteiger partial charge in [-0.25, -0.2) is 4.39 Å². The molecule has 2 amide bonds. The zero-order chi connectivity index (χ0) is 21.1. The van der Waals surface area contributed by atoms with Gasteiger partial charge in [0.15, 0.2) is 0 Å². The van der Waals surface area contributed by atoms with Gasteiger partial charge in [0.25, 0.3) is 0 Å². The Labute approximate surface area is 165 Å². The Hall–Kier alpha value is -1.87. The third-order valence-electron chi connectivity index (χ3n) is 4.62. The van der Waals surface area contributed by atoms with Crippen LogP contribution in [0.1, 0.15) is 26.7 Å². The summed E-state index contributed by atoms with van der Waals surface area (Å²) >= 11 is 5.75. The Kier molecular flexibility index (Phi) is 6.93. The number of amides is 2. The fourth-order valence-electron chi connectivity index (χ4n) is 2.89. The average Bonchev–Trinajstić information content (AvgIpc) is 2.52. The summed E-state index contributed by atoms with van der Waals surface area (Å²) in [6, 6.07) is 3.72. The van der Waals surface area contributed by atoms with Crippen LogP contribution in [-0.2, 0) is 9.59 Å². The van der Waals surface area contributed by atoms with Crippen molar-refractivity contribution < 1.29 is 27.2 Å². The molecule has 1 aromatic rings. The van der Waals surface area contributed by atoms with Crippen LogP contribution in [0.5, 0.6) is 0 Å². The molecule has 2 rings (SSSR count). The van der Waals surface area contributed by atoms with Gasteiger partial charge in [0.2, 0.25) is 11.8 Å². The second-order valence-corrected chi connectivity index (χ2v) is 7.81. The molecular formula is C18H22ClF4N3O2. The van der Waals surface area contributed by atoms with E-state index in [1.165, 1.54) is 6.07 Å². The Bertz CT molecular complexity index is 712. The molecule has 1 heterocycles. The average molecular weight is 424 g/mol. The van der Waals surface area contributed by atoms with Crippen molar-refractivity contribution >= 4 is 29.1 Å². The second kappa shape index (κ2) is 8.65. The lowest BCUT2D eigenvalue weighted by atomic mass is 9.95. The summed E-state index contributed by atoms with van der Waals surface area (Å²) < 4.78 is 51.8. The van der Waals surface area contributed by atoms with E-state index in [0.717, 1.165) is 26.0 Å². The first kappa shape index (κ1) is 22.4. The zero-order valence-corrected chi connectivity index (χ0v) is 16.3. The van der Waals surface area contributed by atoms with Gasteiger partial charge >= 0.3 is 6.18 Å². The number of hydrogen-bond acceptors (Lipinski definition) is 3. The third kappa shape index (κ3) is 6.07. The number of anilines is 1. The van der Waals surface area contributed by atoms with Crippen molar-refractivity contribution in [2.24, 2.45) is 5.92 Å². The minimum absolute atomic E-state index is 0.165. The molecule has 0 saturated carbocycles. The highest BCUT2D eigenvalue weighted by Crippen LogP contribution is 2.29. The van der Waals surface area contributed by atoms with E-state index in [9.17, 15) is 27.2 Å². The van der Waals surface area contributed by atoms with Crippen LogP contribution in [0, 0.1) is 11.7 Å². The van der Waals surface area contributed by atoms with Crippen molar-refractivity contribution in [3.8, 4) is 0 Å². The first-order valence-electron chi connectivity index (χ1n) is 8.74. The Morgan fingerprint density at radius 1 is 1.18 bits per heavy atom. The summed E-state index contributed by atoms with van der Waals surface area (Å²) in [5.41, 5.74) is -2.06. The summed E-state index contributed by atoms with van der Waals surface area (Å²) in [5.74, 6) is -1.91. The number of alkyl halides is 3. The lowest BCUT2D eigenvalue weighted by molar-refractivity contribution is -0.188. The van der Waals surface area contributed by atoms with Gasteiger partial charge in [-0.15, -0.1) is 0 Å². The first-order valence-corrected chi connectivity index (χ1v) is 9.12. The smallest absolute Gasteiger partial charge is 0.341 e. The van der Waals surface area contributed by atoms with Gasteiger partial charge in [-0.05, 0) is 58.0 Å². The molecule has 0 radical (unpaired) electrons. The van der Waals surface area contributed by atoms with Crippen molar-refractivity contribution in [3.05, 3.63) is 29.0 Å². The number of carbonyl (C=O) groups is 2. The number of carbonyl (C=O) groups excluding carboxylic acids is 2. The van der Waals surface area contributed by atoms with Crippen molar-refractivity contribution in [3.63, 3.8) is 0 Å². The monoisotopic (exact) mass is 423 g/mol. The summed E-state index contributed by atoms with van der Waals surface area (Å²) in [6.07, 6.45) is -3.68. The van der Waals surface area contributed by atoms with E-state index in [2.05, 4.69) is 5.32 Å². The summed E-state index contributed by atoms with van der Waals surface area (Å²) in [5, 5.41) is 4.76. The fourth-order valence-corrected chi connectivity index (χ4v) is 3.11. The summed E-state index contributed by atoms with van der Waals surface area (Å²) in [6.45, 7) is 2.41. The van der Waals surface area contributed by atoms with Gasteiger partial charge in [-0.2, -0.15) is 13.2 Å². The number of benzene rings is 1. The zero-order valence-electron chi connectivity index (χ0n) is 15.5. The molecule has 1 aromatic carbocycles. The molecule has 28 heavy (non-hydrogen) atoms. The summed E-state index contributed by atoms with van der Waals surface area (Å²) in [4.78, 5) is 25.9. The van der Waals surface area contributed by atoms with Crippen LogP contribution in [0.25, 0.3) is 0 Å². The van der Waals surface area contributed by atoms with Crippen molar-refractivity contribution in [2.75, 3.05) is 25.0 Å². The number of nitrogens with one attached hydrogen (secondary N) is 2. The predicted octanol–water partition coefficient (Wildman–Crippen LogP) is 3.59. The molecule has 0 unspecified atom stereocenters. The van der Waals surface area contributed by atoms with Crippen LogP contribution in [0.3, 0.4) is 0 Å². The molecule has 1 aliphatic rings. The number of likely N-dealkylation sites (tertiary alicyclic amines) is 1. The van der Waals surface area contributed by atoms with Gasteiger partial charge in [0.05, 0.1) is 6.54 Å². The Balaban J connectivity index is 1.82. The molecule has 1 aliphatic heterocycles. The maximum Gasteiger partial charge on any atom is 0.410 e. The molecule has 5 nitrogen and oxygen atoms in total. The number of halogens is 5. The highest BCUT2D eigenvalue weighted by molar-refractivity contribution is 6.30. The molecule has 0 spiro atoms. The quantitative estimate of drug-likeness (QED) is 0.711. The Morgan fingerprint density at radius 2 is 1.79 bits per heavy atom. The van der Waals surface area contributed by atoms with Crippen LogP contribution in [0.4, 0.5) is 23.2 Å². The SMILES string of the molecule is CC(C)(NC(=O)CN1CCC(C(=O)Nc2cc(F)cc(Cl)c2)CC1)C(F)(F)F. The molecule has 0 aliphatic carbocycles. The number of piperidine rings is 1. The molecular weight excluding hydrogens is 402 g/mol. The maximum absolute atomic E-state index is 13.3. The van der Waals surface area contributed by atoms with Crippen LogP contribution in [0.2, 0.25) is 5.02 Å². The molecule has 1 fully saturated rings. The van der Waals surface area contributed by atoms with Gasteiger partial charge in [-0.3, -0.25) is 14.5 Å². The molecule has 0 bridgehead atoms. The molecule has 10 heteroatoms. The predicted molar refractivity (Wildman–Crippen MR) is 97.5 cm³/mol. The van der Waals surface area contributed by atoms with E-state index in [0.29, 0.717) is 25.9 Å². The van der Waals surface area contributed by atoms with Crippen LogP contribution >= 0.6 is 11.6 Å². The normalized spacial score (nSPS) is 16.7. The first-order chi connectivity index (χ1) is 12.9.